The second kappa shape index (κ2) is 11.7. The van der Waals surface area contributed by atoms with Crippen molar-refractivity contribution in [1.82, 2.24) is 8.87 Å². The van der Waals surface area contributed by atoms with E-state index >= 15 is 0 Å². The molecule has 216 valence electrons. The Balaban J connectivity index is 1.79. The smallest absolute Gasteiger partial charge is 0.410 e. The summed E-state index contributed by atoms with van der Waals surface area (Å²) in [5.41, 5.74) is 1.33. The average Bonchev–Trinajstić information content (AvgIpc) is 3.36. The molecule has 0 spiro atoms. The minimum Gasteiger partial charge on any atom is -0.497 e. The molecule has 8 nitrogen and oxygen atoms in total. The summed E-state index contributed by atoms with van der Waals surface area (Å²) in [5.74, 6) is 0.531. The number of carbonyl (C=O) groups is 1. The zero-order valence-electron chi connectivity index (χ0n) is 23.8. The van der Waals surface area contributed by atoms with Gasteiger partial charge in [-0.25, -0.2) is 21.6 Å². The molecule has 41 heavy (non-hydrogen) atoms. The number of methoxy groups -OCH3 is 2. The van der Waals surface area contributed by atoms with Crippen LogP contribution in [-0.4, -0.2) is 50.3 Å². The van der Waals surface area contributed by atoms with Crippen molar-refractivity contribution in [2.45, 2.75) is 37.8 Å². The molecule has 0 unspecified atom stereocenters. The van der Waals surface area contributed by atoms with E-state index in [0.29, 0.717) is 28.2 Å². The van der Waals surface area contributed by atoms with Gasteiger partial charge in [-0.2, -0.15) is 0 Å². The van der Waals surface area contributed by atoms with Gasteiger partial charge in [0.1, 0.15) is 22.9 Å². The van der Waals surface area contributed by atoms with Crippen molar-refractivity contribution in [2.75, 3.05) is 21.3 Å². The Kier molecular flexibility index (Phi) is 8.44. The molecule has 4 aromatic rings. The van der Waals surface area contributed by atoms with Crippen LogP contribution in [0.25, 0.3) is 22.4 Å². The van der Waals surface area contributed by atoms with Gasteiger partial charge >= 0.3 is 6.09 Å². The van der Waals surface area contributed by atoms with Crippen LogP contribution in [0.1, 0.15) is 26.3 Å². The van der Waals surface area contributed by atoms with Crippen molar-refractivity contribution in [3.63, 3.8) is 0 Å². The van der Waals surface area contributed by atoms with Gasteiger partial charge < -0.3 is 19.1 Å². The molecule has 10 heteroatoms. The molecular weight excluding hydrogens is 547 g/mol. The summed E-state index contributed by atoms with van der Waals surface area (Å²) < 4.78 is 60.3. The fraction of sp³-hybridized carbons (Fsp3) is 0.258. The zero-order chi connectivity index (χ0) is 29.9. The fourth-order valence-corrected chi connectivity index (χ4v) is 5.69. The summed E-state index contributed by atoms with van der Waals surface area (Å²) >= 11 is 0. The normalized spacial score (nSPS) is 11.7. The monoisotopic (exact) mass is 580 g/mol. The largest absolute Gasteiger partial charge is 0.497 e. The zero-order valence-corrected chi connectivity index (χ0v) is 24.7. The van der Waals surface area contributed by atoms with Gasteiger partial charge in [-0.05, 0) is 79.9 Å². The summed E-state index contributed by atoms with van der Waals surface area (Å²) in [6, 6.07) is 19.2. The lowest BCUT2D eigenvalue weighted by molar-refractivity contribution is 0.0285. The molecule has 0 aliphatic rings. The third-order valence-electron chi connectivity index (χ3n) is 6.19. The maximum Gasteiger partial charge on any atom is 0.410 e. The van der Waals surface area contributed by atoms with E-state index in [9.17, 15) is 17.6 Å². The predicted molar refractivity (Wildman–Crippen MR) is 155 cm³/mol. The number of benzene rings is 3. The lowest BCUT2D eigenvalue weighted by Crippen LogP contribution is -2.33. The minimum absolute atomic E-state index is 0.00276. The van der Waals surface area contributed by atoms with Crippen LogP contribution in [0, 0.1) is 5.82 Å². The van der Waals surface area contributed by atoms with E-state index in [1.807, 2.05) is 0 Å². The molecule has 0 fully saturated rings. The summed E-state index contributed by atoms with van der Waals surface area (Å²) in [6.07, 6.45) is 0.834. The molecule has 3 aromatic carbocycles. The predicted octanol–water partition coefficient (Wildman–Crippen LogP) is 6.58. The highest BCUT2D eigenvalue weighted by Crippen LogP contribution is 2.33. The second-order valence-corrected chi connectivity index (χ2v) is 12.3. The van der Waals surface area contributed by atoms with Crippen LogP contribution in [0.3, 0.4) is 0 Å². The van der Waals surface area contributed by atoms with Gasteiger partial charge in [0.15, 0.2) is 0 Å². The number of carbonyl (C=O) groups excluding carboxylic acids is 1. The second-order valence-electron chi connectivity index (χ2n) is 10.5. The van der Waals surface area contributed by atoms with Crippen LogP contribution >= 0.6 is 0 Å². The number of halogens is 1. The summed E-state index contributed by atoms with van der Waals surface area (Å²) in [5, 5.41) is 0. The standard InChI is InChI=1S/C31H33FN2O6S/c1-31(2,3)40-30(35)33(4)19-21-14-29(27-12-7-8-13-28(27)32)34(20-21)41(36,37)26-11-9-10-22(17-26)23-15-24(38-5)18-25(16-23)39-6/h7-18,20H,19H2,1-6H3. The van der Waals surface area contributed by atoms with Crippen LogP contribution in [0.15, 0.2) is 83.9 Å². The lowest BCUT2D eigenvalue weighted by atomic mass is 10.1. The molecule has 4 rings (SSSR count). The van der Waals surface area contributed by atoms with E-state index in [4.69, 9.17) is 14.2 Å². The van der Waals surface area contributed by atoms with Gasteiger partial charge in [0, 0.05) is 24.9 Å². The van der Waals surface area contributed by atoms with Crippen LogP contribution < -0.4 is 9.47 Å². The van der Waals surface area contributed by atoms with Crippen molar-refractivity contribution in [3.8, 4) is 33.9 Å². The van der Waals surface area contributed by atoms with Gasteiger partial charge in [0.2, 0.25) is 0 Å². The van der Waals surface area contributed by atoms with E-state index in [1.165, 1.54) is 49.6 Å². The first-order chi connectivity index (χ1) is 19.3. The number of amides is 1. The van der Waals surface area contributed by atoms with Crippen molar-refractivity contribution in [2.24, 2.45) is 0 Å². The lowest BCUT2D eigenvalue weighted by Gasteiger charge is -2.24. The van der Waals surface area contributed by atoms with Gasteiger partial charge in [0.05, 0.1) is 31.4 Å². The highest BCUT2D eigenvalue weighted by Gasteiger charge is 2.26. The van der Waals surface area contributed by atoms with Crippen LogP contribution in [0.2, 0.25) is 0 Å². The van der Waals surface area contributed by atoms with Gasteiger partial charge in [-0.1, -0.05) is 24.3 Å². The highest BCUT2D eigenvalue weighted by atomic mass is 32.2. The number of aromatic nitrogens is 1. The molecule has 0 saturated heterocycles. The molecule has 0 N–H and O–H groups in total. The highest BCUT2D eigenvalue weighted by molar-refractivity contribution is 7.90. The number of ether oxygens (including phenoxy) is 3. The third kappa shape index (κ3) is 6.71. The molecule has 0 radical (unpaired) electrons. The summed E-state index contributed by atoms with van der Waals surface area (Å²) in [4.78, 5) is 13.9. The topological polar surface area (TPSA) is 87.1 Å². The fourth-order valence-electron chi connectivity index (χ4n) is 4.25. The molecule has 0 saturated carbocycles. The number of hydrogen-bond donors (Lipinski definition) is 0. The third-order valence-corrected chi connectivity index (χ3v) is 7.86. The van der Waals surface area contributed by atoms with Gasteiger partial charge in [-0.3, -0.25) is 0 Å². The Morgan fingerprint density at radius 1 is 0.902 bits per heavy atom. The molecule has 0 bridgehead atoms. The van der Waals surface area contributed by atoms with Gasteiger partial charge in [0.25, 0.3) is 10.0 Å². The summed E-state index contributed by atoms with van der Waals surface area (Å²) in [6.45, 7) is 5.32. The number of rotatable bonds is 8. The van der Waals surface area contributed by atoms with E-state index in [-0.39, 0.29) is 22.7 Å². The van der Waals surface area contributed by atoms with E-state index in [0.717, 1.165) is 3.97 Å². The first kappa shape index (κ1) is 29.7. The molecule has 1 heterocycles. The maximum absolute atomic E-state index is 14.9. The van der Waals surface area contributed by atoms with Gasteiger partial charge in [-0.15, -0.1) is 0 Å². The quantitative estimate of drug-likeness (QED) is 0.234. The molecule has 1 amide bonds. The Morgan fingerprint density at radius 3 is 2.17 bits per heavy atom. The van der Waals surface area contributed by atoms with Crippen molar-refractivity contribution >= 4 is 16.1 Å². The van der Waals surface area contributed by atoms with Crippen molar-refractivity contribution in [3.05, 3.63) is 90.4 Å². The van der Waals surface area contributed by atoms with Crippen LogP contribution in [0.4, 0.5) is 9.18 Å². The first-order valence-electron chi connectivity index (χ1n) is 12.8. The van der Waals surface area contributed by atoms with E-state index in [2.05, 4.69) is 0 Å². The molecule has 0 aliphatic heterocycles. The molecular formula is C31H33FN2O6S. The molecule has 0 aliphatic carbocycles. The Labute approximate surface area is 239 Å². The Bertz CT molecular complexity index is 1650. The summed E-state index contributed by atoms with van der Waals surface area (Å²) in [7, 11) is 0.413. The van der Waals surface area contributed by atoms with E-state index in [1.54, 1.807) is 76.3 Å². The van der Waals surface area contributed by atoms with E-state index < -0.39 is 27.5 Å². The molecule has 0 atom stereocenters. The van der Waals surface area contributed by atoms with Crippen molar-refractivity contribution < 1.29 is 31.8 Å². The average molecular weight is 581 g/mol. The van der Waals surface area contributed by atoms with Crippen LogP contribution in [-0.2, 0) is 21.3 Å². The number of nitrogens with zero attached hydrogens (tertiary/aromatic N) is 2. The van der Waals surface area contributed by atoms with Crippen molar-refractivity contribution in [1.29, 1.82) is 0 Å². The Hall–Kier alpha value is -4.31. The maximum atomic E-state index is 14.9. The number of hydrogen-bond acceptors (Lipinski definition) is 6. The first-order valence-corrected chi connectivity index (χ1v) is 14.3. The molecule has 1 aromatic heterocycles. The minimum atomic E-state index is -4.21. The van der Waals surface area contributed by atoms with Crippen LogP contribution in [0.5, 0.6) is 11.5 Å². The Morgan fingerprint density at radius 2 is 1.56 bits per heavy atom. The SMILES string of the molecule is COc1cc(OC)cc(-c2cccc(S(=O)(=O)n3cc(CN(C)C(=O)OC(C)(C)C)cc3-c3ccccc3F)c2)c1.